The van der Waals surface area contributed by atoms with Crippen LogP contribution in [0.25, 0.3) is 23.3 Å². The molecule has 0 unspecified atom stereocenters. The molecule has 2 amide bonds. The van der Waals surface area contributed by atoms with Gasteiger partial charge in [0.05, 0.1) is 61.0 Å². The average Bonchev–Trinajstić information content (AvgIpc) is 4.11. The van der Waals surface area contributed by atoms with Crippen LogP contribution in [-0.2, 0) is 40.4 Å². The summed E-state index contributed by atoms with van der Waals surface area (Å²) in [5.74, 6) is 3.29. The predicted octanol–water partition coefficient (Wildman–Crippen LogP) is 6.94. The first kappa shape index (κ1) is 50.4. The molecule has 20 nitrogen and oxygen atoms in total. The normalized spacial score (nSPS) is 15.8. The molecule has 3 aliphatic rings. The van der Waals surface area contributed by atoms with Crippen LogP contribution in [0.4, 0.5) is 23.5 Å². The minimum Gasteiger partial charge on any atom is -0.496 e. The van der Waals surface area contributed by atoms with E-state index in [1.807, 2.05) is 33.9 Å². The van der Waals surface area contributed by atoms with Gasteiger partial charge in [0, 0.05) is 84.2 Å². The number of imidazole rings is 2. The molecule has 0 radical (unpaired) electrons. The number of aromatic amines is 2. The van der Waals surface area contributed by atoms with Crippen molar-refractivity contribution in [2.24, 2.45) is 5.92 Å². The van der Waals surface area contributed by atoms with E-state index in [0.717, 1.165) is 84.0 Å². The number of nitrogens with two attached hydrogens (primary N) is 2. The van der Waals surface area contributed by atoms with Crippen molar-refractivity contribution in [1.82, 2.24) is 55.2 Å². The number of methoxy groups -OCH3 is 2. The number of hydrogen-bond donors (Lipinski definition) is 5. The highest BCUT2D eigenvalue weighted by Crippen LogP contribution is 2.43. The highest BCUT2D eigenvalue weighted by atomic mass is 35.5. The van der Waals surface area contributed by atoms with Gasteiger partial charge in [0.25, 0.3) is 11.8 Å². The smallest absolute Gasteiger partial charge is 0.260 e. The molecule has 1 fully saturated rings. The summed E-state index contributed by atoms with van der Waals surface area (Å²) < 4.78 is 16.5. The van der Waals surface area contributed by atoms with Gasteiger partial charge in [-0.25, -0.2) is 19.9 Å². The lowest BCUT2D eigenvalue weighted by molar-refractivity contribution is -0.113. The Balaban J connectivity index is 0.000000191. The zero-order valence-electron chi connectivity index (χ0n) is 40.9. The number of nitrogen functional groups attached to an aromatic ring is 2. The van der Waals surface area contributed by atoms with E-state index in [2.05, 4.69) is 69.0 Å². The second-order valence-electron chi connectivity index (χ2n) is 17.9. The number of halogens is 2. The molecule has 6 aromatic rings. The first-order chi connectivity index (χ1) is 34.0. The molecule has 0 aliphatic carbocycles. The lowest BCUT2D eigenvalue weighted by Gasteiger charge is -2.21. The highest BCUT2D eigenvalue weighted by molar-refractivity contribution is 6.42. The number of carbonyl (C=O) groups is 2. The number of H-pyrrole nitrogens is 2. The van der Waals surface area contributed by atoms with Crippen molar-refractivity contribution in [3.05, 3.63) is 103 Å². The molecule has 372 valence electrons. The minimum absolute atomic E-state index is 0.0117. The Bertz CT molecular complexity index is 3050. The SMILES string of the molecule is COc1c(C)cnc(CN2C(=O)/C(=C\c3ncc(CCC4CCOCC4)[nH]3)c3c(Cl)nc(N)nc32)c1C.COc1c(C)cnc(CN2C(=O)/C(=C\c3ncc(CNC(C)C)[nH]3)c3c(Cl)nc(N)nc32)c1C. The van der Waals surface area contributed by atoms with Gasteiger partial charge in [-0.1, -0.05) is 37.0 Å². The largest absolute Gasteiger partial charge is 0.496 e. The third-order valence-electron chi connectivity index (χ3n) is 12.6. The molecular weight excluding hydrogens is 950 g/mol. The topological polar surface area (TPSA) is 267 Å². The molecule has 0 aromatic carbocycles. The summed E-state index contributed by atoms with van der Waals surface area (Å²) in [5, 5.41) is 3.54. The summed E-state index contributed by atoms with van der Waals surface area (Å²) in [4.78, 5) is 71.6. The van der Waals surface area contributed by atoms with Crippen LogP contribution in [0.5, 0.6) is 11.5 Å². The molecule has 22 heteroatoms. The summed E-state index contributed by atoms with van der Waals surface area (Å²) in [7, 11) is 3.23. The summed E-state index contributed by atoms with van der Waals surface area (Å²) in [5.41, 5.74) is 20.1. The Morgan fingerprint density at radius 1 is 0.732 bits per heavy atom. The maximum atomic E-state index is 13.7. The van der Waals surface area contributed by atoms with Crippen LogP contribution in [0.15, 0.2) is 24.8 Å². The molecule has 0 spiro atoms. The van der Waals surface area contributed by atoms with Crippen molar-refractivity contribution in [1.29, 1.82) is 0 Å². The average molecular weight is 1010 g/mol. The number of nitrogens with zero attached hydrogens (tertiary/aromatic N) is 10. The molecule has 1 saturated heterocycles. The number of aryl methyl sites for hydroxylation is 3. The van der Waals surface area contributed by atoms with E-state index in [-0.39, 0.29) is 47.1 Å². The summed E-state index contributed by atoms with van der Waals surface area (Å²) >= 11 is 12.9. The van der Waals surface area contributed by atoms with E-state index in [1.165, 1.54) is 9.80 Å². The van der Waals surface area contributed by atoms with Crippen LogP contribution in [0.2, 0.25) is 10.3 Å². The fourth-order valence-electron chi connectivity index (χ4n) is 8.85. The molecule has 7 N–H and O–H groups in total. The van der Waals surface area contributed by atoms with E-state index < -0.39 is 0 Å². The van der Waals surface area contributed by atoms with Gasteiger partial charge in [-0.15, -0.1) is 0 Å². The van der Waals surface area contributed by atoms with Crippen LogP contribution >= 0.6 is 23.2 Å². The van der Waals surface area contributed by atoms with E-state index >= 15 is 0 Å². The predicted molar refractivity (Wildman–Crippen MR) is 273 cm³/mol. The molecule has 71 heavy (non-hydrogen) atoms. The quantitative estimate of drug-likeness (QED) is 0.0546. The Hall–Kier alpha value is -7.00. The number of nitrogens with one attached hydrogen (secondary N) is 3. The van der Waals surface area contributed by atoms with Crippen LogP contribution < -0.4 is 36.1 Å². The number of ether oxygens (including phenoxy) is 3. The summed E-state index contributed by atoms with van der Waals surface area (Å²) in [6.45, 7) is 14.4. The first-order valence-corrected chi connectivity index (χ1v) is 23.9. The van der Waals surface area contributed by atoms with Crippen molar-refractivity contribution >= 4 is 81.8 Å². The summed E-state index contributed by atoms with van der Waals surface area (Å²) in [6, 6.07) is 0.334. The second-order valence-corrected chi connectivity index (χ2v) is 18.6. The van der Waals surface area contributed by atoms with Gasteiger partial charge < -0.3 is 41.0 Å². The van der Waals surface area contributed by atoms with E-state index in [9.17, 15) is 9.59 Å². The van der Waals surface area contributed by atoms with Gasteiger partial charge in [0.2, 0.25) is 11.9 Å². The molecular formula is C49H57Cl2N15O5. The number of fused-ring (bicyclic) bond motifs is 2. The number of amides is 2. The third kappa shape index (κ3) is 10.8. The van der Waals surface area contributed by atoms with Crippen LogP contribution in [0.1, 0.15) is 101 Å². The second kappa shape index (κ2) is 21.6. The zero-order chi connectivity index (χ0) is 50.7. The van der Waals surface area contributed by atoms with Gasteiger partial charge >= 0.3 is 0 Å². The first-order valence-electron chi connectivity index (χ1n) is 23.2. The van der Waals surface area contributed by atoms with Crippen LogP contribution in [0, 0.1) is 33.6 Å². The molecule has 0 atom stereocenters. The van der Waals surface area contributed by atoms with Crippen molar-refractivity contribution in [2.45, 2.75) is 92.9 Å². The standard InChI is InChI=1S/C26H30ClN7O3.C23H27ClN8O2/c1-14-11-29-19(15(2)22(14)36-3)13-34-24-21(23(27)32-26(28)33-24)18(25(34)35)10-20-30-12-17(31-20)5-4-16-6-8-37-9-7-16;1-11(2)26-8-14-9-28-17(29-14)6-15-18-20(24)30-23(25)31-21(18)32(22(15)33)10-16-13(4)19(34-5)12(3)7-27-16/h10-12,16H,4-9,13H2,1-3H3,(H,30,31)(H2,28,32,33);6-7,9,11,26H,8,10H2,1-5H3,(H,28,29)(H2,25,30,31)/b18-10-;15-6-. The van der Waals surface area contributed by atoms with Crippen molar-refractivity contribution in [2.75, 3.05) is 48.7 Å². The number of rotatable bonds is 14. The van der Waals surface area contributed by atoms with Crippen LogP contribution in [-0.4, -0.2) is 95.1 Å². The van der Waals surface area contributed by atoms with Gasteiger partial charge in [-0.05, 0) is 71.4 Å². The number of carbonyl (C=O) groups excluding carboxylic acids is 2. The van der Waals surface area contributed by atoms with Crippen molar-refractivity contribution < 1.29 is 23.8 Å². The molecule has 3 aliphatic heterocycles. The fourth-order valence-corrected chi connectivity index (χ4v) is 9.39. The Labute approximate surface area is 421 Å². The van der Waals surface area contributed by atoms with Gasteiger partial charge in [0.1, 0.15) is 33.5 Å². The molecule has 6 aromatic heterocycles. The highest BCUT2D eigenvalue weighted by Gasteiger charge is 2.39. The summed E-state index contributed by atoms with van der Waals surface area (Å²) in [6.07, 6.45) is 14.5. The zero-order valence-corrected chi connectivity index (χ0v) is 42.4. The minimum atomic E-state index is -0.296. The Morgan fingerprint density at radius 3 is 1.66 bits per heavy atom. The number of anilines is 4. The van der Waals surface area contributed by atoms with E-state index in [1.54, 1.807) is 45.0 Å². The molecule has 0 saturated carbocycles. The maximum Gasteiger partial charge on any atom is 0.260 e. The van der Waals surface area contributed by atoms with Gasteiger partial charge in [-0.2, -0.15) is 9.97 Å². The molecule has 9 rings (SSSR count). The van der Waals surface area contributed by atoms with Gasteiger partial charge in [-0.3, -0.25) is 29.4 Å². The lowest BCUT2D eigenvalue weighted by atomic mass is 9.94. The van der Waals surface area contributed by atoms with E-state index in [4.69, 9.17) is 48.9 Å². The van der Waals surface area contributed by atoms with Crippen molar-refractivity contribution in [3.8, 4) is 11.5 Å². The maximum absolute atomic E-state index is 13.7. The Kier molecular flexibility index (Phi) is 15.3. The monoisotopic (exact) mass is 1010 g/mol. The van der Waals surface area contributed by atoms with Crippen molar-refractivity contribution in [3.63, 3.8) is 0 Å². The number of pyridine rings is 2. The van der Waals surface area contributed by atoms with Gasteiger partial charge in [0.15, 0.2) is 11.6 Å². The lowest BCUT2D eigenvalue weighted by Crippen LogP contribution is -2.27. The fraction of sp³-hybridized carbons (Fsp3) is 0.388. The van der Waals surface area contributed by atoms with E-state index in [0.29, 0.717) is 75.5 Å². The Morgan fingerprint density at radius 2 is 1.20 bits per heavy atom. The molecule has 9 heterocycles. The number of aromatic nitrogens is 10. The molecule has 0 bridgehead atoms. The third-order valence-corrected chi connectivity index (χ3v) is 13.1. The number of hydrogen-bond acceptors (Lipinski definition) is 16. The van der Waals surface area contributed by atoms with Crippen LogP contribution in [0.3, 0.4) is 0 Å².